The smallest absolute Gasteiger partial charge is 0.0120 e. The summed E-state index contributed by atoms with van der Waals surface area (Å²) in [5, 5.41) is 3.73. The Balaban J connectivity index is 2.27. The Morgan fingerprint density at radius 1 is 1.12 bits per heavy atom. The number of likely N-dealkylation sites (tertiary alicyclic amines) is 1. The lowest BCUT2D eigenvalue weighted by atomic mass is 9.89. The first-order chi connectivity index (χ1) is 8.31. The number of nitrogens with zero attached hydrogens (tertiary/aromatic N) is 1. The van der Waals surface area contributed by atoms with Crippen LogP contribution in [0.2, 0.25) is 0 Å². The van der Waals surface area contributed by atoms with E-state index in [9.17, 15) is 0 Å². The normalized spacial score (nSPS) is 26.3. The van der Waals surface area contributed by atoms with Gasteiger partial charge < -0.3 is 10.2 Å². The first-order valence-electron chi connectivity index (χ1n) is 7.77. The van der Waals surface area contributed by atoms with Gasteiger partial charge in [-0.05, 0) is 44.8 Å². The van der Waals surface area contributed by atoms with Crippen molar-refractivity contribution in [2.24, 2.45) is 5.92 Å². The van der Waals surface area contributed by atoms with Crippen molar-refractivity contribution < 1.29 is 0 Å². The number of unbranched alkanes of at least 4 members (excludes halogenated alkanes) is 2. The Hall–Kier alpha value is -0.0800. The molecule has 102 valence electrons. The monoisotopic (exact) mass is 240 g/mol. The second kappa shape index (κ2) is 8.93. The molecule has 0 spiro atoms. The highest BCUT2D eigenvalue weighted by atomic mass is 15.1. The average Bonchev–Trinajstić information content (AvgIpc) is 2.37. The van der Waals surface area contributed by atoms with E-state index < -0.39 is 0 Å². The first kappa shape index (κ1) is 15.0. The van der Waals surface area contributed by atoms with Gasteiger partial charge in [0.2, 0.25) is 0 Å². The molecule has 1 saturated heterocycles. The largest absolute Gasteiger partial charge is 0.314 e. The Labute approximate surface area is 108 Å². The van der Waals surface area contributed by atoms with E-state index in [4.69, 9.17) is 0 Å². The molecule has 0 amide bonds. The Kier molecular flexibility index (Phi) is 7.87. The summed E-state index contributed by atoms with van der Waals surface area (Å²) in [5.74, 6) is 0.872. The molecule has 1 aliphatic rings. The van der Waals surface area contributed by atoms with Gasteiger partial charge in [-0.3, -0.25) is 0 Å². The zero-order chi connectivity index (χ0) is 12.5. The summed E-state index contributed by atoms with van der Waals surface area (Å²) in [4.78, 5) is 2.69. The zero-order valence-corrected chi connectivity index (χ0v) is 12.2. The molecule has 1 heterocycles. The first-order valence-corrected chi connectivity index (χ1v) is 7.77. The van der Waals surface area contributed by atoms with Gasteiger partial charge in [0.05, 0.1) is 0 Å². The van der Waals surface area contributed by atoms with Crippen LogP contribution in [0.4, 0.5) is 0 Å². The van der Waals surface area contributed by atoms with Crippen molar-refractivity contribution in [3.63, 3.8) is 0 Å². The second-order valence-electron chi connectivity index (χ2n) is 5.53. The van der Waals surface area contributed by atoms with Crippen LogP contribution in [-0.2, 0) is 0 Å². The molecule has 1 rings (SSSR count). The van der Waals surface area contributed by atoms with Gasteiger partial charge >= 0.3 is 0 Å². The molecule has 0 bridgehead atoms. The molecule has 0 saturated carbocycles. The second-order valence-corrected chi connectivity index (χ2v) is 5.53. The standard InChI is InChI=1S/C15H32N2/c1-4-7-8-11-17-12-9-15(16-10-5-2)14(6-3)13-17/h14-16H,4-13H2,1-3H3. The van der Waals surface area contributed by atoms with Crippen LogP contribution in [0.3, 0.4) is 0 Å². The lowest BCUT2D eigenvalue weighted by Gasteiger charge is -2.39. The Morgan fingerprint density at radius 3 is 2.59 bits per heavy atom. The summed E-state index contributed by atoms with van der Waals surface area (Å²) in [5.41, 5.74) is 0. The molecule has 2 nitrogen and oxygen atoms in total. The fourth-order valence-electron chi connectivity index (χ4n) is 2.91. The van der Waals surface area contributed by atoms with Crippen molar-refractivity contribution in [3.8, 4) is 0 Å². The molecular weight excluding hydrogens is 208 g/mol. The van der Waals surface area contributed by atoms with E-state index in [1.165, 1.54) is 64.7 Å². The molecule has 0 aromatic rings. The minimum absolute atomic E-state index is 0.780. The predicted molar refractivity (Wildman–Crippen MR) is 76.4 cm³/mol. The van der Waals surface area contributed by atoms with E-state index in [0.717, 1.165) is 12.0 Å². The van der Waals surface area contributed by atoms with E-state index in [0.29, 0.717) is 0 Å². The minimum atomic E-state index is 0.780. The molecule has 0 aromatic heterocycles. The Bertz CT molecular complexity index is 182. The highest BCUT2D eigenvalue weighted by Crippen LogP contribution is 2.20. The number of piperidine rings is 1. The van der Waals surface area contributed by atoms with Gasteiger partial charge in [-0.2, -0.15) is 0 Å². The topological polar surface area (TPSA) is 15.3 Å². The van der Waals surface area contributed by atoms with E-state index in [1.807, 2.05) is 0 Å². The summed E-state index contributed by atoms with van der Waals surface area (Å²) in [6.45, 7) is 12.0. The SMILES string of the molecule is CCCCCN1CCC(NCCC)C(CC)C1. The summed E-state index contributed by atoms with van der Waals surface area (Å²) in [7, 11) is 0. The number of hydrogen-bond donors (Lipinski definition) is 1. The maximum atomic E-state index is 3.73. The molecule has 0 aliphatic carbocycles. The molecule has 1 aliphatic heterocycles. The quantitative estimate of drug-likeness (QED) is 0.655. The highest BCUT2D eigenvalue weighted by Gasteiger charge is 2.26. The van der Waals surface area contributed by atoms with Gasteiger partial charge in [0.25, 0.3) is 0 Å². The van der Waals surface area contributed by atoms with Gasteiger partial charge in [0, 0.05) is 12.6 Å². The lowest BCUT2D eigenvalue weighted by molar-refractivity contribution is 0.133. The molecule has 2 atom stereocenters. The molecule has 1 N–H and O–H groups in total. The molecular formula is C15H32N2. The summed E-state index contributed by atoms with van der Waals surface area (Å²) in [6.07, 6.45) is 8.06. The molecule has 17 heavy (non-hydrogen) atoms. The van der Waals surface area contributed by atoms with Crippen LogP contribution in [0.5, 0.6) is 0 Å². The van der Waals surface area contributed by atoms with Gasteiger partial charge in [0.1, 0.15) is 0 Å². The minimum Gasteiger partial charge on any atom is -0.314 e. The third-order valence-corrected chi connectivity index (χ3v) is 4.08. The summed E-state index contributed by atoms with van der Waals surface area (Å²) >= 11 is 0. The third kappa shape index (κ3) is 5.39. The average molecular weight is 240 g/mol. The van der Waals surface area contributed by atoms with Crippen LogP contribution in [0.25, 0.3) is 0 Å². The third-order valence-electron chi connectivity index (χ3n) is 4.08. The van der Waals surface area contributed by atoms with Gasteiger partial charge in [-0.1, -0.05) is 40.0 Å². The van der Waals surface area contributed by atoms with Crippen LogP contribution in [0, 0.1) is 5.92 Å². The molecule has 0 radical (unpaired) electrons. The van der Waals surface area contributed by atoms with Crippen molar-refractivity contribution in [3.05, 3.63) is 0 Å². The van der Waals surface area contributed by atoms with Crippen molar-refractivity contribution in [2.75, 3.05) is 26.2 Å². The Morgan fingerprint density at radius 2 is 1.94 bits per heavy atom. The van der Waals surface area contributed by atoms with Gasteiger partial charge in [0.15, 0.2) is 0 Å². The van der Waals surface area contributed by atoms with Crippen molar-refractivity contribution >= 4 is 0 Å². The molecule has 2 unspecified atom stereocenters. The van der Waals surface area contributed by atoms with Crippen molar-refractivity contribution in [2.45, 2.75) is 65.3 Å². The van der Waals surface area contributed by atoms with Gasteiger partial charge in [-0.15, -0.1) is 0 Å². The van der Waals surface area contributed by atoms with E-state index in [2.05, 4.69) is 31.0 Å². The fraction of sp³-hybridized carbons (Fsp3) is 1.00. The van der Waals surface area contributed by atoms with Crippen molar-refractivity contribution in [1.29, 1.82) is 0 Å². The van der Waals surface area contributed by atoms with Crippen LogP contribution in [0.15, 0.2) is 0 Å². The van der Waals surface area contributed by atoms with Gasteiger partial charge in [-0.25, -0.2) is 0 Å². The fourth-order valence-corrected chi connectivity index (χ4v) is 2.91. The number of nitrogens with one attached hydrogen (secondary N) is 1. The lowest BCUT2D eigenvalue weighted by Crippen LogP contribution is -2.49. The summed E-state index contributed by atoms with van der Waals surface area (Å²) in [6, 6.07) is 0.780. The van der Waals surface area contributed by atoms with Crippen LogP contribution >= 0.6 is 0 Å². The van der Waals surface area contributed by atoms with E-state index in [-0.39, 0.29) is 0 Å². The molecule has 2 heteroatoms. The summed E-state index contributed by atoms with van der Waals surface area (Å²) < 4.78 is 0. The number of rotatable bonds is 8. The molecule has 0 aromatic carbocycles. The van der Waals surface area contributed by atoms with E-state index in [1.54, 1.807) is 0 Å². The van der Waals surface area contributed by atoms with E-state index >= 15 is 0 Å². The number of hydrogen-bond acceptors (Lipinski definition) is 2. The maximum absolute atomic E-state index is 3.73. The van der Waals surface area contributed by atoms with Crippen LogP contribution < -0.4 is 5.32 Å². The van der Waals surface area contributed by atoms with Crippen molar-refractivity contribution in [1.82, 2.24) is 10.2 Å². The van der Waals surface area contributed by atoms with Crippen LogP contribution in [0.1, 0.15) is 59.3 Å². The molecule has 1 fully saturated rings. The maximum Gasteiger partial charge on any atom is 0.0120 e. The highest BCUT2D eigenvalue weighted by molar-refractivity contribution is 4.84. The predicted octanol–water partition coefficient (Wildman–Crippen LogP) is 3.28. The zero-order valence-electron chi connectivity index (χ0n) is 12.2. The van der Waals surface area contributed by atoms with Crippen LogP contribution in [-0.4, -0.2) is 37.1 Å².